The van der Waals surface area contributed by atoms with E-state index in [-0.39, 0.29) is 0 Å². The summed E-state index contributed by atoms with van der Waals surface area (Å²) in [6, 6.07) is 9.32. The number of hydrogen-bond donors (Lipinski definition) is 0. The van der Waals surface area contributed by atoms with Crippen LogP contribution < -0.4 is 0 Å². The highest BCUT2D eigenvalue weighted by atomic mass is 13.9. The van der Waals surface area contributed by atoms with Gasteiger partial charge in [0.15, 0.2) is 0 Å². The normalized spacial score (nSPS) is 9.30. The fourth-order valence-electron chi connectivity index (χ4n) is 0.828. The molecule has 0 unspecified atom stereocenters. The van der Waals surface area contributed by atoms with Crippen LogP contribution in [0.25, 0.3) is 0 Å². The molecule has 0 fully saturated rings. The minimum Gasteiger partial charge on any atom is -0.103 e. The first-order valence-corrected chi connectivity index (χ1v) is 3.41. The van der Waals surface area contributed by atoms with Gasteiger partial charge in [0.1, 0.15) is 0 Å². The van der Waals surface area contributed by atoms with Gasteiger partial charge in [0, 0.05) is 0 Å². The van der Waals surface area contributed by atoms with E-state index >= 15 is 0 Å². The van der Waals surface area contributed by atoms with Crippen LogP contribution in [0, 0.1) is 13.0 Å². The van der Waals surface area contributed by atoms with Crippen LogP contribution in [0.5, 0.6) is 0 Å². The second kappa shape index (κ2) is 3.21. The number of allylic oxidation sites excluding steroid dienone is 1. The van der Waals surface area contributed by atoms with Crippen LogP contribution in [0.1, 0.15) is 11.1 Å². The molecule has 0 nitrogen and oxygen atoms in total. The maximum absolute atomic E-state index is 3.66. The van der Waals surface area contributed by atoms with Crippen LogP contribution in [0.15, 0.2) is 30.9 Å². The molecule has 51 valence electrons. The van der Waals surface area contributed by atoms with Crippen molar-refractivity contribution in [1.82, 2.24) is 0 Å². The summed E-state index contributed by atoms with van der Waals surface area (Å²) in [4.78, 5) is 0. The lowest BCUT2D eigenvalue weighted by molar-refractivity contribution is 1.26. The molecule has 0 atom stereocenters. The molecule has 0 aliphatic heterocycles. The van der Waals surface area contributed by atoms with Crippen LogP contribution in [-0.4, -0.2) is 0 Å². The highest BCUT2D eigenvalue weighted by molar-refractivity contribution is 5.21. The molecule has 10 heavy (non-hydrogen) atoms. The molecule has 1 radical (unpaired) electrons. The molecule has 0 saturated carbocycles. The highest BCUT2D eigenvalue weighted by Gasteiger charge is 1.86. The Bertz CT molecular complexity index is 206. The third kappa shape index (κ3) is 1.73. The Morgan fingerprint density at radius 3 is 2.90 bits per heavy atom. The first kappa shape index (κ1) is 7.07. The van der Waals surface area contributed by atoms with Crippen LogP contribution >= 0.6 is 0 Å². The van der Waals surface area contributed by atoms with Gasteiger partial charge >= 0.3 is 0 Å². The standard InChI is InChI=1S/C10H11/c1-3-4-10-7-5-9(2)6-8-10/h3,5,7-8H,1,4H2,2H3. The summed E-state index contributed by atoms with van der Waals surface area (Å²) in [6.07, 6.45) is 2.84. The third-order valence-corrected chi connectivity index (χ3v) is 1.41. The Labute approximate surface area is 62.2 Å². The molecule has 0 spiro atoms. The van der Waals surface area contributed by atoms with Crippen LogP contribution in [0.2, 0.25) is 0 Å². The van der Waals surface area contributed by atoms with E-state index in [4.69, 9.17) is 0 Å². The van der Waals surface area contributed by atoms with Crippen molar-refractivity contribution in [2.75, 3.05) is 0 Å². The molecule has 0 heterocycles. The quantitative estimate of drug-likeness (QED) is 0.541. The van der Waals surface area contributed by atoms with Gasteiger partial charge in [-0.1, -0.05) is 24.3 Å². The van der Waals surface area contributed by atoms with Crippen molar-refractivity contribution in [2.45, 2.75) is 13.3 Å². The van der Waals surface area contributed by atoms with Crippen molar-refractivity contribution < 1.29 is 0 Å². The summed E-state index contributed by atoms with van der Waals surface area (Å²) in [7, 11) is 0. The average molecular weight is 131 g/mol. The van der Waals surface area contributed by atoms with Gasteiger partial charge in [0.25, 0.3) is 0 Å². The van der Waals surface area contributed by atoms with Crippen LogP contribution in [-0.2, 0) is 6.42 Å². The Hall–Kier alpha value is -1.04. The maximum atomic E-state index is 3.66. The maximum Gasteiger partial charge on any atom is -0.00999 e. The van der Waals surface area contributed by atoms with Gasteiger partial charge in [-0.3, -0.25) is 0 Å². The highest BCUT2D eigenvalue weighted by Crippen LogP contribution is 2.02. The molecule has 0 saturated heterocycles. The summed E-state index contributed by atoms with van der Waals surface area (Å²) < 4.78 is 0. The predicted octanol–water partition coefficient (Wildman–Crippen LogP) is 2.52. The largest absolute Gasteiger partial charge is 0.103 e. The van der Waals surface area contributed by atoms with E-state index in [1.165, 1.54) is 11.1 Å². The first-order valence-electron chi connectivity index (χ1n) is 3.41. The molecule has 0 aromatic heterocycles. The van der Waals surface area contributed by atoms with Gasteiger partial charge in [-0.15, -0.1) is 6.58 Å². The van der Waals surface area contributed by atoms with E-state index in [1.807, 2.05) is 19.1 Å². The van der Waals surface area contributed by atoms with Crippen LogP contribution in [0.3, 0.4) is 0 Å². The summed E-state index contributed by atoms with van der Waals surface area (Å²) in [6.45, 7) is 5.70. The Balaban J connectivity index is 2.78. The van der Waals surface area contributed by atoms with E-state index in [0.29, 0.717) is 0 Å². The van der Waals surface area contributed by atoms with E-state index in [0.717, 1.165) is 6.42 Å². The van der Waals surface area contributed by atoms with Gasteiger partial charge in [0.2, 0.25) is 0 Å². The molecule has 0 heteroatoms. The third-order valence-electron chi connectivity index (χ3n) is 1.41. The van der Waals surface area contributed by atoms with Crippen molar-refractivity contribution in [1.29, 1.82) is 0 Å². The minimum absolute atomic E-state index is 0.941. The molecule has 0 aliphatic rings. The van der Waals surface area contributed by atoms with Crippen LogP contribution in [0.4, 0.5) is 0 Å². The van der Waals surface area contributed by atoms with Gasteiger partial charge in [-0.05, 0) is 30.5 Å². The molecule has 1 aromatic carbocycles. The Morgan fingerprint density at radius 1 is 1.60 bits per heavy atom. The lowest BCUT2D eigenvalue weighted by Gasteiger charge is -1.94. The van der Waals surface area contributed by atoms with E-state index in [2.05, 4.69) is 24.8 Å². The molecule has 0 bridgehead atoms. The van der Waals surface area contributed by atoms with Gasteiger partial charge < -0.3 is 0 Å². The number of rotatable bonds is 2. The van der Waals surface area contributed by atoms with Crippen molar-refractivity contribution in [3.05, 3.63) is 48.0 Å². The summed E-state index contributed by atoms with van der Waals surface area (Å²) in [5.74, 6) is 0. The summed E-state index contributed by atoms with van der Waals surface area (Å²) in [5, 5.41) is 0. The molecule has 1 rings (SSSR count). The first-order chi connectivity index (χ1) is 4.83. The van der Waals surface area contributed by atoms with Gasteiger partial charge in [0.05, 0.1) is 0 Å². The van der Waals surface area contributed by atoms with Crippen molar-refractivity contribution in [3.8, 4) is 0 Å². The van der Waals surface area contributed by atoms with E-state index < -0.39 is 0 Å². The van der Waals surface area contributed by atoms with E-state index in [1.54, 1.807) is 0 Å². The molecular formula is C10H11. The zero-order valence-corrected chi connectivity index (χ0v) is 6.22. The van der Waals surface area contributed by atoms with Gasteiger partial charge in [-0.25, -0.2) is 0 Å². The molecule has 0 amide bonds. The summed E-state index contributed by atoms with van der Waals surface area (Å²) in [5.41, 5.74) is 2.47. The zero-order chi connectivity index (χ0) is 7.40. The summed E-state index contributed by atoms with van der Waals surface area (Å²) >= 11 is 0. The van der Waals surface area contributed by atoms with E-state index in [9.17, 15) is 0 Å². The SMILES string of the molecule is C=CCc1c[c]c(C)cc1. The second-order valence-corrected chi connectivity index (χ2v) is 2.37. The molecule has 0 aliphatic carbocycles. The fourth-order valence-corrected chi connectivity index (χ4v) is 0.828. The smallest absolute Gasteiger partial charge is 0.00999 e. The fraction of sp³-hybridized carbons (Fsp3) is 0.200. The molecule has 0 N–H and O–H groups in total. The Kier molecular flexibility index (Phi) is 2.27. The lowest BCUT2D eigenvalue weighted by atomic mass is 10.1. The molecular weight excluding hydrogens is 120 g/mol. The van der Waals surface area contributed by atoms with Gasteiger partial charge in [-0.2, -0.15) is 0 Å². The lowest BCUT2D eigenvalue weighted by Crippen LogP contribution is -1.79. The molecule has 1 aromatic rings. The number of hydrogen-bond acceptors (Lipinski definition) is 0. The zero-order valence-electron chi connectivity index (χ0n) is 6.22. The number of aryl methyl sites for hydroxylation is 1. The van der Waals surface area contributed by atoms with Crippen molar-refractivity contribution in [3.63, 3.8) is 0 Å². The second-order valence-electron chi connectivity index (χ2n) is 2.37. The van der Waals surface area contributed by atoms with Crippen molar-refractivity contribution >= 4 is 0 Å². The van der Waals surface area contributed by atoms with Crippen molar-refractivity contribution in [2.24, 2.45) is 0 Å². The predicted molar refractivity (Wildman–Crippen MR) is 43.9 cm³/mol. The monoisotopic (exact) mass is 131 g/mol. The Morgan fingerprint density at radius 2 is 2.40 bits per heavy atom. The topological polar surface area (TPSA) is 0 Å². The minimum atomic E-state index is 0.941. The average Bonchev–Trinajstić information content (AvgIpc) is 1.95. The number of benzene rings is 1.